The van der Waals surface area contributed by atoms with Gasteiger partial charge in [-0.2, -0.15) is 0 Å². The van der Waals surface area contributed by atoms with Gasteiger partial charge in [-0.05, 0) is 24.1 Å². The minimum atomic E-state index is -0.588. The molecule has 0 saturated carbocycles. The van der Waals surface area contributed by atoms with Crippen LogP contribution in [0.15, 0.2) is 60.7 Å². The van der Waals surface area contributed by atoms with E-state index >= 15 is 0 Å². The van der Waals surface area contributed by atoms with E-state index in [1.54, 1.807) is 30.3 Å². The second kappa shape index (κ2) is 7.84. The molecule has 0 aromatic heterocycles. The second-order valence-corrected chi connectivity index (χ2v) is 3.57. The van der Waals surface area contributed by atoms with Gasteiger partial charge < -0.3 is 0 Å². The Morgan fingerprint density at radius 2 is 1.50 bits per heavy atom. The van der Waals surface area contributed by atoms with E-state index in [-0.39, 0.29) is 0 Å². The predicted octanol–water partition coefficient (Wildman–Crippen LogP) is 3.54. The van der Waals surface area contributed by atoms with Gasteiger partial charge in [0.1, 0.15) is 5.69 Å². The lowest BCUT2D eigenvalue weighted by Crippen LogP contribution is -2.06. The van der Waals surface area contributed by atoms with Gasteiger partial charge in [0.25, 0.3) is 0 Å². The Hall–Kier alpha value is -2.36. The lowest BCUT2D eigenvalue weighted by molar-refractivity contribution is -0.445. The molecule has 0 saturated heterocycles. The minimum Gasteiger partial charge on any atom is -0.235 e. The Bertz CT molecular complexity index is 458. The van der Waals surface area contributed by atoms with Crippen LogP contribution in [0.4, 0.5) is 5.69 Å². The average Bonchev–Trinajstić information content (AvgIpc) is 2.41. The van der Waals surface area contributed by atoms with E-state index in [1.165, 1.54) is 5.56 Å². The molecule has 94 valence electrons. The van der Waals surface area contributed by atoms with Crippen molar-refractivity contribution in [2.75, 3.05) is 5.43 Å². The number of benzene rings is 2. The number of hydrogen-bond donors (Lipinski definition) is 1. The zero-order valence-corrected chi connectivity index (χ0v) is 10.2. The molecule has 0 bridgehead atoms. The summed E-state index contributed by atoms with van der Waals surface area (Å²) in [6.45, 7) is 2.16. The van der Waals surface area contributed by atoms with E-state index in [0.29, 0.717) is 5.69 Å². The Morgan fingerprint density at radius 1 is 1.00 bits per heavy atom. The summed E-state index contributed by atoms with van der Waals surface area (Å²) in [4.78, 5) is 9.86. The van der Waals surface area contributed by atoms with Gasteiger partial charge in [-0.15, -0.1) is 5.43 Å². The minimum absolute atomic E-state index is 0.493. The second-order valence-electron chi connectivity index (χ2n) is 3.57. The molecule has 0 aliphatic heterocycles. The van der Waals surface area contributed by atoms with E-state index < -0.39 is 5.03 Å². The first kappa shape index (κ1) is 13.7. The van der Waals surface area contributed by atoms with Crippen molar-refractivity contribution in [3.63, 3.8) is 0 Å². The zero-order chi connectivity index (χ0) is 13.2. The number of nitrogens with zero attached hydrogens (tertiary/aromatic N) is 1. The monoisotopic (exact) mass is 244 g/mol. The van der Waals surface area contributed by atoms with Gasteiger partial charge in [-0.25, -0.2) is 10.1 Å². The Morgan fingerprint density at radius 3 is 1.89 bits per heavy atom. The molecule has 0 fully saturated rings. The van der Waals surface area contributed by atoms with Crippen LogP contribution in [0.25, 0.3) is 0 Å². The van der Waals surface area contributed by atoms with Crippen LogP contribution in [-0.2, 0) is 6.42 Å². The summed E-state index contributed by atoms with van der Waals surface area (Å²) in [5.74, 6) is 0. The smallest absolute Gasteiger partial charge is 0.162 e. The lowest BCUT2D eigenvalue weighted by Gasteiger charge is -1.93. The highest BCUT2D eigenvalue weighted by molar-refractivity contribution is 5.39. The first-order valence-electron chi connectivity index (χ1n) is 5.72. The summed E-state index contributed by atoms with van der Waals surface area (Å²) in [6, 6.07) is 19.0. The molecule has 2 rings (SSSR count). The fourth-order valence-corrected chi connectivity index (χ4v) is 1.33. The van der Waals surface area contributed by atoms with Crippen molar-refractivity contribution in [2.45, 2.75) is 13.3 Å². The van der Waals surface area contributed by atoms with E-state index in [9.17, 15) is 10.1 Å². The third kappa shape index (κ3) is 5.65. The molecule has 0 spiro atoms. The summed E-state index contributed by atoms with van der Waals surface area (Å²) in [5, 5.41) is 9.28. The molecule has 4 nitrogen and oxygen atoms in total. The number of anilines is 1. The number of hydrogen-bond acceptors (Lipinski definition) is 2. The van der Waals surface area contributed by atoms with Crippen molar-refractivity contribution in [1.29, 1.82) is 0 Å². The summed E-state index contributed by atoms with van der Waals surface area (Å²) < 4.78 is 0. The maximum absolute atomic E-state index is 9.86. The summed E-state index contributed by atoms with van der Waals surface area (Å²) in [7, 11) is 0. The molecule has 0 heterocycles. The van der Waals surface area contributed by atoms with Crippen molar-refractivity contribution >= 4 is 5.69 Å². The van der Waals surface area contributed by atoms with Gasteiger partial charge in [0.05, 0.1) is 0 Å². The van der Waals surface area contributed by atoms with Crippen LogP contribution in [0.2, 0.25) is 0 Å². The third-order valence-corrected chi connectivity index (χ3v) is 2.25. The largest absolute Gasteiger partial charge is 0.235 e. The highest BCUT2D eigenvalue weighted by Crippen LogP contribution is 2.03. The zero-order valence-electron chi connectivity index (χ0n) is 10.2. The quantitative estimate of drug-likeness (QED) is 0.663. The van der Waals surface area contributed by atoms with Crippen molar-refractivity contribution in [3.8, 4) is 0 Å². The summed E-state index contributed by atoms with van der Waals surface area (Å²) in [6.07, 6.45) is 1.14. The van der Waals surface area contributed by atoms with Gasteiger partial charge in [-0.1, -0.05) is 55.5 Å². The standard InChI is InChI=1S/C8H10.C6H6N2O2/c1-2-8-6-4-3-5-7-8;9-8(10)7-6-4-2-1-3-5-6/h3-7H,2H2,1H3;1-5,7H. The van der Waals surface area contributed by atoms with E-state index in [0.717, 1.165) is 6.42 Å². The molecule has 0 unspecified atom stereocenters. The maximum atomic E-state index is 9.86. The lowest BCUT2D eigenvalue weighted by atomic mass is 10.2. The first-order chi connectivity index (χ1) is 8.72. The molecule has 0 amide bonds. The van der Waals surface area contributed by atoms with Crippen molar-refractivity contribution in [3.05, 3.63) is 76.3 Å². The first-order valence-corrected chi connectivity index (χ1v) is 5.72. The van der Waals surface area contributed by atoms with E-state index in [2.05, 4.69) is 31.2 Å². The Balaban J connectivity index is 0.000000184. The van der Waals surface area contributed by atoms with Gasteiger partial charge >= 0.3 is 0 Å². The SMILES string of the molecule is CCc1ccccc1.O=[N+]([O-])Nc1ccccc1. The molecule has 0 aliphatic rings. The van der Waals surface area contributed by atoms with Crippen LogP contribution < -0.4 is 5.43 Å². The molecule has 18 heavy (non-hydrogen) atoms. The van der Waals surface area contributed by atoms with Crippen LogP contribution in [0, 0.1) is 10.1 Å². The van der Waals surface area contributed by atoms with Gasteiger partial charge in [0, 0.05) is 0 Å². The van der Waals surface area contributed by atoms with Crippen LogP contribution in [0.5, 0.6) is 0 Å². The molecule has 0 radical (unpaired) electrons. The molecule has 2 aromatic rings. The van der Waals surface area contributed by atoms with Gasteiger partial charge in [0.2, 0.25) is 0 Å². The normalized spacial score (nSPS) is 8.94. The molecular formula is C14H16N2O2. The number of rotatable bonds is 3. The van der Waals surface area contributed by atoms with Crippen LogP contribution >= 0.6 is 0 Å². The van der Waals surface area contributed by atoms with Gasteiger partial charge in [0.15, 0.2) is 5.03 Å². The number of para-hydroxylation sites is 1. The van der Waals surface area contributed by atoms with Crippen LogP contribution in [0.1, 0.15) is 12.5 Å². The van der Waals surface area contributed by atoms with Crippen molar-refractivity contribution in [1.82, 2.24) is 0 Å². The van der Waals surface area contributed by atoms with Crippen molar-refractivity contribution < 1.29 is 5.03 Å². The highest BCUT2D eigenvalue weighted by atomic mass is 16.7. The van der Waals surface area contributed by atoms with Gasteiger partial charge in [-0.3, -0.25) is 0 Å². The fourth-order valence-electron chi connectivity index (χ4n) is 1.33. The molecule has 2 aromatic carbocycles. The number of nitrogens with one attached hydrogen (secondary N) is 1. The maximum Gasteiger partial charge on any atom is 0.162 e. The Kier molecular flexibility index (Phi) is 5.97. The summed E-state index contributed by atoms with van der Waals surface area (Å²) >= 11 is 0. The van der Waals surface area contributed by atoms with E-state index in [1.807, 2.05) is 11.5 Å². The molecule has 0 aliphatic carbocycles. The Labute approximate surface area is 106 Å². The number of hydrazine groups is 1. The van der Waals surface area contributed by atoms with E-state index in [4.69, 9.17) is 0 Å². The fraction of sp³-hybridized carbons (Fsp3) is 0.143. The average molecular weight is 244 g/mol. The molecular weight excluding hydrogens is 228 g/mol. The molecule has 4 heteroatoms. The van der Waals surface area contributed by atoms with Crippen molar-refractivity contribution in [2.24, 2.45) is 0 Å². The predicted molar refractivity (Wildman–Crippen MR) is 72.9 cm³/mol. The number of nitro groups is 1. The number of aryl methyl sites for hydroxylation is 1. The topological polar surface area (TPSA) is 55.2 Å². The summed E-state index contributed by atoms with van der Waals surface area (Å²) in [5.41, 5.74) is 3.93. The third-order valence-electron chi connectivity index (χ3n) is 2.25. The van der Waals surface area contributed by atoms with Crippen LogP contribution in [-0.4, -0.2) is 5.03 Å². The highest BCUT2D eigenvalue weighted by Gasteiger charge is 1.93. The molecule has 0 atom stereocenters. The van der Waals surface area contributed by atoms with Crippen LogP contribution in [0.3, 0.4) is 0 Å². The molecule has 1 N–H and O–H groups in total.